The summed E-state index contributed by atoms with van der Waals surface area (Å²) in [4.78, 5) is 12.5. The lowest BCUT2D eigenvalue weighted by atomic mass is 10.0. The summed E-state index contributed by atoms with van der Waals surface area (Å²) in [5.41, 5.74) is -0.376. The number of carbonyl (C=O) groups excluding carboxylic acids is 1. The van der Waals surface area contributed by atoms with Crippen molar-refractivity contribution in [1.29, 1.82) is 0 Å². The lowest BCUT2D eigenvalue weighted by Gasteiger charge is -2.15. The Morgan fingerprint density at radius 3 is 1.80 bits per heavy atom. The van der Waals surface area contributed by atoms with E-state index >= 15 is 0 Å². The van der Waals surface area contributed by atoms with Crippen LogP contribution in [0.25, 0.3) is 0 Å². The molecule has 1 N–H and O–H groups in total. The Labute approximate surface area is 210 Å². The second-order valence-corrected chi connectivity index (χ2v) is 10.4. The predicted molar refractivity (Wildman–Crippen MR) is 136 cm³/mol. The van der Waals surface area contributed by atoms with Crippen molar-refractivity contribution in [2.24, 2.45) is 0 Å². The van der Waals surface area contributed by atoms with E-state index in [9.17, 15) is 18.0 Å². The Morgan fingerprint density at radius 1 is 0.914 bits per heavy atom. The number of unbranched alkanes of at least 4 members (excludes halogenated alkanes) is 15. The topological polar surface area (TPSA) is 46.9 Å². The Hall–Kier alpha value is -1.53. The molecule has 202 valence electrons. The Bertz CT molecular complexity index is 713. The number of rotatable bonds is 20. The van der Waals surface area contributed by atoms with Gasteiger partial charge >= 0.3 is 6.18 Å². The molecule has 1 fully saturated rings. The number of hydrogen-bond donors (Lipinski definition) is 1. The van der Waals surface area contributed by atoms with Crippen LogP contribution in [-0.2, 0) is 11.0 Å². The quantitative estimate of drug-likeness (QED) is 0.182. The summed E-state index contributed by atoms with van der Waals surface area (Å²) >= 11 is 0. The number of nitrogens with one attached hydrogen (secondary N) is 1. The van der Waals surface area contributed by atoms with Gasteiger partial charge in [-0.2, -0.15) is 18.3 Å². The summed E-state index contributed by atoms with van der Waals surface area (Å²) in [6, 6.07) is 0.375. The van der Waals surface area contributed by atoms with Gasteiger partial charge in [-0.25, -0.2) is 0 Å². The molecule has 0 bridgehead atoms. The van der Waals surface area contributed by atoms with Crippen LogP contribution in [-0.4, -0.2) is 22.2 Å². The molecule has 2 rings (SSSR count). The molecule has 0 spiro atoms. The smallest absolute Gasteiger partial charge is 0.354 e. The van der Waals surface area contributed by atoms with Crippen LogP contribution >= 0.6 is 0 Å². The summed E-state index contributed by atoms with van der Waals surface area (Å²) in [6.45, 7) is 4.45. The Morgan fingerprint density at radius 2 is 1.37 bits per heavy atom. The maximum Gasteiger partial charge on any atom is 0.435 e. The molecule has 1 amide bonds. The van der Waals surface area contributed by atoms with Crippen molar-refractivity contribution in [2.75, 3.05) is 6.54 Å². The minimum atomic E-state index is -4.49. The van der Waals surface area contributed by atoms with Gasteiger partial charge in [0.05, 0.1) is 0 Å². The number of aromatic nitrogens is 2. The minimum absolute atomic E-state index is 0.0918. The van der Waals surface area contributed by atoms with Crippen LogP contribution in [0.2, 0.25) is 0 Å². The van der Waals surface area contributed by atoms with Gasteiger partial charge in [0, 0.05) is 18.2 Å². The van der Waals surface area contributed by atoms with Crippen LogP contribution in [0.15, 0.2) is 6.07 Å². The third-order valence-electron chi connectivity index (χ3n) is 7.13. The molecule has 1 atom stereocenters. The van der Waals surface area contributed by atoms with Crippen LogP contribution in [0.1, 0.15) is 153 Å². The second-order valence-electron chi connectivity index (χ2n) is 10.4. The fourth-order valence-electron chi connectivity index (χ4n) is 4.69. The fraction of sp³-hybridized carbons (Fsp3) is 0.857. The molecule has 1 aromatic rings. The SMILES string of the molecule is CCCCCCCCCCCCCCCCCCNC(=O)C(C)n1nc(C(F)(F)F)cc1C1CC1. The zero-order valence-electron chi connectivity index (χ0n) is 22.1. The van der Waals surface area contributed by atoms with Gasteiger partial charge in [0.2, 0.25) is 5.91 Å². The van der Waals surface area contributed by atoms with Crippen LogP contribution < -0.4 is 5.32 Å². The van der Waals surface area contributed by atoms with E-state index in [4.69, 9.17) is 0 Å². The number of halogens is 3. The van der Waals surface area contributed by atoms with Crippen molar-refractivity contribution in [3.05, 3.63) is 17.5 Å². The molecule has 0 saturated heterocycles. The first kappa shape index (κ1) is 29.7. The molecule has 35 heavy (non-hydrogen) atoms. The van der Waals surface area contributed by atoms with Gasteiger partial charge in [-0.3, -0.25) is 9.48 Å². The summed E-state index contributed by atoms with van der Waals surface area (Å²) < 4.78 is 40.5. The average Bonchev–Trinajstić information content (AvgIpc) is 3.57. The third kappa shape index (κ3) is 11.8. The third-order valence-corrected chi connectivity index (χ3v) is 7.13. The summed E-state index contributed by atoms with van der Waals surface area (Å²) in [6.07, 6.45) is 18.0. The van der Waals surface area contributed by atoms with Gasteiger partial charge in [-0.1, -0.05) is 103 Å². The van der Waals surface area contributed by atoms with E-state index in [1.54, 1.807) is 6.92 Å². The molecule has 4 nitrogen and oxygen atoms in total. The predicted octanol–water partition coefficient (Wildman–Crippen LogP) is 8.72. The Kier molecular flexibility index (Phi) is 13.8. The molecule has 0 radical (unpaired) electrons. The normalized spacial score (nSPS) is 14.9. The largest absolute Gasteiger partial charge is 0.435 e. The standard InChI is InChI=1S/C28H48F3N3O/c1-3-4-5-6-7-8-9-10-11-12-13-14-15-16-17-18-21-32-27(35)23(2)34-25(24-19-20-24)22-26(33-34)28(29,30)31/h22-24H,3-21H2,1-2H3,(H,32,35). The van der Waals surface area contributed by atoms with Gasteiger partial charge in [0.25, 0.3) is 0 Å². The highest BCUT2D eigenvalue weighted by atomic mass is 19.4. The van der Waals surface area contributed by atoms with Crippen molar-refractivity contribution in [2.45, 2.75) is 148 Å². The molecule has 7 heteroatoms. The molecule has 0 aliphatic heterocycles. The number of amides is 1. The number of hydrogen-bond acceptors (Lipinski definition) is 2. The van der Waals surface area contributed by atoms with E-state index in [1.165, 1.54) is 94.6 Å². The van der Waals surface area contributed by atoms with E-state index in [1.807, 2.05) is 0 Å². The summed E-state index contributed by atoms with van der Waals surface area (Å²) in [5.74, 6) is -0.168. The van der Waals surface area contributed by atoms with Crippen LogP contribution in [0.3, 0.4) is 0 Å². The summed E-state index contributed by atoms with van der Waals surface area (Å²) in [5, 5.41) is 6.61. The lowest BCUT2D eigenvalue weighted by molar-refractivity contribution is -0.142. The molecule has 1 heterocycles. The van der Waals surface area contributed by atoms with Crippen LogP contribution in [0.5, 0.6) is 0 Å². The van der Waals surface area contributed by atoms with Gasteiger partial charge in [0.1, 0.15) is 6.04 Å². The molecule has 1 unspecified atom stereocenters. The van der Waals surface area contributed by atoms with E-state index in [0.29, 0.717) is 12.2 Å². The van der Waals surface area contributed by atoms with E-state index < -0.39 is 17.9 Å². The van der Waals surface area contributed by atoms with Gasteiger partial charge in [-0.05, 0) is 32.3 Å². The number of nitrogens with zero attached hydrogens (tertiary/aromatic N) is 2. The first-order valence-corrected chi connectivity index (χ1v) is 14.3. The number of carbonyl (C=O) groups is 1. The molecular weight excluding hydrogens is 451 g/mol. The van der Waals surface area contributed by atoms with Gasteiger partial charge in [0.15, 0.2) is 5.69 Å². The van der Waals surface area contributed by atoms with Crippen molar-refractivity contribution in [1.82, 2.24) is 15.1 Å². The van der Waals surface area contributed by atoms with Gasteiger partial charge in [-0.15, -0.1) is 0 Å². The highest BCUT2D eigenvalue weighted by Gasteiger charge is 2.39. The fourth-order valence-corrected chi connectivity index (χ4v) is 4.69. The second kappa shape index (κ2) is 16.3. The van der Waals surface area contributed by atoms with Crippen molar-refractivity contribution >= 4 is 5.91 Å². The van der Waals surface area contributed by atoms with E-state index in [0.717, 1.165) is 31.7 Å². The monoisotopic (exact) mass is 499 g/mol. The molecule has 1 aliphatic rings. The van der Waals surface area contributed by atoms with E-state index in [2.05, 4.69) is 17.3 Å². The van der Waals surface area contributed by atoms with Gasteiger partial charge < -0.3 is 5.32 Å². The van der Waals surface area contributed by atoms with Crippen LogP contribution in [0, 0.1) is 0 Å². The number of alkyl halides is 3. The first-order valence-electron chi connectivity index (χ1n) is 14.3. The minimum Gasteiger partial charge on any atom is -0.354 e. The lowest BCUT2D eigenvalue weighted by Crippen LogP contribution is -2.33. The maximum absolute atomic E-state index is 13.1. The molecular formula is C28H48F3N3O. The van der Waals surface area contributed by atoms with Crippen molar-refractivity contribution in [3.8, 4) is 0 Å². The van der Waals surface area contributed by atoms with Crippen LogP contribution in [0.4, 0.5) is 13.2 Å². The molecule has 1 aliphatic carbocycles. The zero-order chi connectivity index (χ0) is 25.5. The highest BCUT2D eigenvalue weighted by molar-refractivity contribution is 5.79. The van der Waals surface area contributed by atoms with Crippen molar-refractivity contribution < 1.29 is 18.0 Å². The molecule has 1 aromatic heterocycles. The Balaban J connectivity index is 1.46. The van der Waals surface area contributed by atoms with Crippen molar-refractivity contribution in [3.63, 3.8) is 0 Å². The maximum atomic E-state index is 13.1. The zero-order valence-corrected chi connectivity index (χ0v) is 22.1. The first-order chi connectivity index (χ1) is 16.8. The molecule has 0 aromatic carbocycles. The summed E-state index contributed by atoms with van der Waals surface area (Å²) in [7, 11) is 0. The average molecular weight is 500 g/mol. The highest BCUT2D eigenvalue weighted by Crippen LogP contribution is 2.43. The van der Waals surface area contributed by atoms with E-state index in [-0.39, 0.29) is 11.8 Å². The molecule has 1 saturated carbocycles.